The third-order valence-corrected chi connectivity index (χ3v) is 5.57. The molecule has 0 aromatic carbocycles. The Kier molecular flexibility index (Phi) is 4.17. The SMILES string of the molecule is Cc1cc(C)n(C2C3OCC(O3)C(NCC3CCCC3)C2O)n1. The average molecular weight is 321 g/mol. The molecule has 5 unspecified atom stereocenters. The Labute approximate surface area is 137 Å². The minimum Gasteiger partial charge on any atom is -0.389 e. The second kappa shape index (κ2) is 6.16. The highest BCUT2D eigenvalue weighted by Gasteiger charge is 2.51. The third kappa shape index (κ3) is 2.82. The fourth-order valence-corrected chi connectivity index (χ4v) is 4.38. The normalized spacial score (nSPS) is 37.6. The molecule has 3 fully saturated rings. The van der Waals surface area contributed by atoms with Gasteiger partial charge in [-0.1, -0.05) is 12.8 Å². The Morgan fingerprint density at radius 3 is 2.83 bits per heavy atom. The highest BCUT2D eigenvalue weighted by atomic mass is 16.7. The molecule has 3 aliphatic rings. The average Bonchev–Trinajstić information content (AvgIpc) is 3.22. The lowest BCUT2D eigenvalue weighted by atomic mass is 9.95. The Morgan fingerprint density at radius 2 is 2.13 bits per heavy atom. The van der Waals surface area contributed by atoms with E-state index < -0.39 is 12.4 Å². The number of rotatable bonds is 4. The Hall–Kier alpha value is -0.950. The van der Waals surface area contributed by atoms with Gasteiger partial charge in [0, 0.05) is 5.69 Å². The summed E-state index contributed by atoms with van der Waals surface area (Å²) in [5, 5.41) is 19.1. The van der Waals surface area contributed by atoms with Crippen molar-refractivity contribution in [3.63, 3.8) is 0 Å². The molecule has 0 spiro atoms. The van der Waals surface area contributed by atoms with E-state index >= 15 is 0 Å². The fourth-order valence-electron chi connectivity index (χ4n) is 4.38. The molecule has 1 aliphatic carbocycles. The molecule has 2 N–H and O–H groups in total. The van der Waals surface area contributed by atoms with Gasteiger partial charge in [-0.2, -0.15) is 5.10 Å². The van der Waals surface area contributed by atoms with E-state index in [0.717, 1.165) is 23.9 Å². The van der Waals surface area contributed by atoms with Gasteiger partial charge in [-0.25, -0.2) is 0 Å². The van der Waals surface area contributed by atoms with Crippen molar-refractivity contribution < 1.29 is 14.6 Å². The van der Waals surface area contributed by atoms with Crippen molar-refractivity contribution in [1.82, 2.24) is 15.1 Å². The summed E-state index contributed by atoms with van der Waals surface area (Å²) in [5.74, 6) is 0.731. The zero-order chi connectivity index (χ0) is 16.0. The van der Waals surface area contributed by atoms with Crippen molar-refractivity contribution in [2.75, 3.05) is 13.2 Å². The van der Waals surface area contributed by atoms with E-state index in [1.807, 2.05) is 24.6 Å². The lowest BCUT2D eigenvalue weighted by Crippen LogP contribution is -2.58. The number of hydrogen-bond acceptors (Lipinski definition) is 5. The van der Waals surface area contributed by atoms with Crippen LogP contribution in [0, 0.1) is 19.8 Å². The number of fused-ring (bicyclic) bond motifs is 2. The number of nitrogens with one attached hydrogen (secondary N) is 1. The van der Waals surface area contributed by atoms with E-state index in [0.29, 0.717) is 6.61 Å². The van der Waals surface area contributed by atoms with Crippen molar-refractivity contribution in [1.29, 1.82) is 0 Å². The van der Waals surface area contributed by atoms with Crippen LogP contribution in [0.5, 0.6) is 0 Å². The van der Waals surface area contributed by atoms with Crippen LogP contribution >= 0.6 is 0 Å². The van der Waals surface area contributed by atoms with Gasteiger partial charge in [0.15, 0.2) is 6.29 Å². The highest BCUT2D eigenvalue weighted by Crippen LogP contribution is 2.36. The van der Waals surface area contributed by atoms with Crippen molar-refractivity contribution >= 4 is 0 Å². The second-order valence-corrected chi connectivity index (χ2v) is 7.31. The van der Waals surface area contributed by atoms with E-state index in [2.05, 4.69) is 10.4 Å². The van der Waals surface area contributed by atoms with Crippen LogP contribution in [-0.2, 0) is 9.47 Å². The van der Waals surface area contributed by atoms with Crippen molar-refractivity contribution in [2.24, 2.45) is 5.92 Å². The predicted molar refractivity (Wildman–Crippen MR) is 85.1 cm³/mol. The molecule has 128 valence electrons. The van der Waals surface area contributed by atoms with E-state index in [1.165, 1.54) is 25.7 Å². The summed E-state index contributed by atoms with van der Waals surface area (Å²) in [5.41, 5.74) is 1.98. The van der Waals surface area contributed by atoms with Gasteiger partial charge in [0.25, 0.3) is 0 Å². The Balaban J connectivity index is 1.52. The summed E-state index contributed by atoms with van der Waals surface area (Å²) in [7, 11) is 0. The second-order valence-electron chi connectivity index (χ2n) is 7.31. The monoisotopic (exact) mass is 321 g/mol. The Bertz CT molecular complexity index is 555. The fraction of sp³-hybridized carbons (Fsp3) is 0.824. The molecule has 6 heteroatoms. The van der Waals surface area contributed by atoms with Crippen LogP contribution in [0.15, 0.2) is 6.07 Å². The predicted octanol–water partition coefficient (Wildman–Crippen LogP) is 1.31. The number of ether oxygens (including phenoxy) is 2. The van der Waals surface area contributed by atoms with Gasteiger partial charge in [0.05, 0.1) is 24.4 Å². The minimum atomic E-state index is -0.555. The number of aliphatic hydroxyl groups excluding tert-OH is 1. The highest BCUT2D eigenvalue weighted by molar-refractivity contribution is 5.11. The molecule has 2 bridgehead atoms. The molecule has 1 aromatic heterocycles. The number of aliphatic hydroxyl groups is 1. The first-order chi connectivity index (χ1) is 11.1. The van der Waals surface area contributed by atoms with Gasteiger partial charge in [-0.3, -0.25) is 4.68 Å². The smallest absolute Gasteiger partial charge is 0.183 e. The summed E-state index contributed by atoms with van der Waals surface area (Å²) in [6.07, 6.45) is 4.23. The van der Waals surface area contributed by atoms with Crippen LogP contribution in [0.3, 0.4) is 0 Å². The van der Waals surface area contributed by atoms with Crippen LogP contribution in [-0.4, -0.2) is 52.6 Å². The standard InChI is InChI=1S/C17H27N3O3/c1-10-7-11(2)20(19-10)15-16(21)14(13-9-22-17(15)23-13)18-8-12-5-3-4-6-12/h7,12-18,21H,3-6,8-9H2,1-2H3. The minimum absolute atomic E-state index is 0.0652. The lowest BCUT2D eigenvalue weighted by molar-refractivity contribution is -0.168. The molecule has 1 saturated carbocycles. The van der Waals surface area contributed by atoms with E-state index in [9.17, 15) is 5.11 Å². The van der Waals surface area contributed by atoms with Gasteiger partial charge in [-0.15, -0.1) is 0 Å². The van der Waals surface area contributed by atoms with Gasteiger partial charge in [0.2, 0.25) is 0 Å². The van der Waals surface area contributed by atoms with Crippen molar-refractivity contribution in [3.05, 3.63) is 17.5 Å². The first-order valence-electron chi connectivity index (χ1n) is 8.85. The number of aromatic nitrogens is 2. The maximum Gasteiger partial charge on any atom is 0.183 e. The van der Waals surface area contributed by atoms with Crippen molar-refractivity contribution in [3.8, 4) is 0 Å². The lowest BCUT2D eigenvalue weighted by Gasteiger charge is -2.39. The van der Waals surface area contributed by atoms with Gasteiger partial charge < -0.3 is 19.9 Å². The summed E-state index contributed by atoms with van der Waals surface area (Å²) in [6.45, 7) is 5.47. The van der Waals surface area contributed by atoms with Crippen LogP contribution in [0.25, 0.3) is 0 Å². The molecule has 23 heavy (non-hydrogen) atoms. The molecule has 2 saturated heterocycles. The quantitative estimate of drug-likeness (QED) is 0.875. The summed E-state index contributed by atoms with van der Waals surface area (Å²) >= 11 is 0. The zero-order valence-electron chi connectivity index (χ0n) is 13.9. The number of nitrogens with zero attached hydrogens (tertiary/aromatic N) is 2. The van der Waals surface area contributed by atoms with Gasteiger partial charge in [-0.05, 0) is 45.2 Å². The van der Waals surface area contributed by atoms with Gasteiger partial charge in [0.1, 0.15) is 12.1 Å². The number of hydrogen-bond donors (Lipinski definition) is 2. The topological polar surface area (TPSA) is 68.5 Å². The van der Waals surface area contributed by atoms with Crippen LogP contribution in [0.1, 0.15) is 43.1 Å². The van der Waals surface area contributed by atoms with E-state index in [-0.39, 0.29) is 18.2 Å². The van der Waals surface area contributed by atoms with Gasteiger partial charge >= 0.3 is 0 Å². The molecule has 6 nitrogen and oxygen atoms in total. The maximum absolute atomic E-state index is 11.0. The Morgan fingerprint density at radius 1 is 1.35 bits per heavy atom. The van der Waals surface area contributed by atoms with Crippen LogP contribution in [0.4, 0.5) is 0 Å². The molecule has 4 rings (SSSR count). The van der Waals surface area contributed by atoms with Crippen molar-refractivity contribution in [2.45, 2.75) is 70.1 Å². The molecule has 2 aliphatic heterocycles. The first-order valence-corrected chi connectivity index (χ1v) is 8.85. The summed E-state index contributed by atoms with van der Waals surface area (Å²) in [6, 6.07) is 1.64. The molecule has 1 aromatic rings. The largest absolute Gasteiger partial charge is 0.389 e. The summed E-state index contributed by atoms with van der Waals surface area (Å²) < 4.78 is 13.7. The zero-order valence-corrected chi connectivity index (χ0v) is 13.9. The summed E-state index contributed by atoms with van der Waals surface area (Å²) in [4.78, 5) is 0. The molecule has 0 amide bonds. The molecule has 5 atom stereocenters. The third-order valence-electron chi connectivity index (χ3n) is 5.57. The molecule has 0 radical (unpaired) electrons. The molecular formula is C17H27N3O3. The van der Waals surface area contributed by atoms with Crippen LogP contribution < -0.4 is 5.32 Å². The molecule has 3 heterocycles. The maximum atomic E-state index is 11.0. The molecular weight excluding hydrogens is 294 g/mol. The first kappa shape index (κ1) is 15.6. The van der Waals surface area contributed by atoms with Crippen LogP contribution in [0.2, 0.25) is 0 Å². The van der Waals surface area contributed by atoms with E-state index in [1.54, 1.807) is 0 Å². The number of aryl methyl sites for hydroxylation is 2. The van der Waals surface area contributed by atoms with E-state index in [4.69, 9.17) is 9.47 Å².